The zero-order valence-corrected chi connectivity index (χ0v) is 21.9. The minimum absolute atomic E-state index is 0.117. The first-order valence-corrected chi connectivity index (χ1v) is 13.1. The molecule has 1 aromatic heterocycles. The Hall–Kier alpha value is -3.95. The molecule has 1 saturated heterocycles. The minimum atomic E-state index is -0.510. The number of aromatic nitrogens is 2. The van der Waals surface area contributed by atoms with Gasteiger partial charge in [-0.2, -0.15) is 0 Å². The van der Waals surface area contributed by atoms with Gasteiger partial charge in [-0.05, 0) is 67.3 Å². The molecule has 0 saturated carbocycles. The van der Waals surface area contributed by atoms with Crippen LogP contribution < -0.4 is 14.8 Å². The number of aliphatic hydroxyl groups excluding tert-OH is 1. The van der Waals surface area contributed by atoms with Crippen molar-refractivity contribution in [2.75, 3.05) is 25.1 Å². The van der Waals surface area contributed by atoms with Crippen molar-refractivity contribution >= 4 is 39.9 Å². The maximum Gasteiger partial charge on any atom is 0.248 e. The minimum Gasteiger partial charge on any atom is -0.491 e. The number of ether oxygens (including phenoxy) is 2. The molecule has 39 heavy (non-hydrogen) atoms. The summed E-state index contributed by atoms with van der Waals surface area (Å²) >= 11 is 6.48. The normalized spacial score (nSPS) is 15.3. The molecule has 10 heteroatoms. The molecule has 0 radical (unpaired) electrons. The van der Waals surface area contributed by atoms with Gasteiger partial charge in [-0.1, -0.05) is 29.8 Å². The summed E-state index contributed by atoms with van der Waals surface area (Å²) in [4.78, 5) is 22.7. The van der Waals surface area contributed by atoms with E-state index in [4.69, 9.17) is 21.1 Å². The molecule has 8 nitrogen and oxygen atoms in total. The molecule has 1 fully saturated rings. The Balaban J connectivity index is 1.33. The number of fused-ring (bicyclic) bond motifs is 1. The summed E-state index contributed by atoms with van der Waals surface area (Å²) in [5.41, 5.74) is 2.07. The summed E-state index contributed by atoms with van der Waals surface area (Å²) in [6.45, 7) is 0.581. The van der Waals surface area contributed by atoms with Crippen LogP contribution in [0.1, 0.15) is 24.8 Å². The summed E-state index contributed by atoms with van der Waals surface area (Å²) in [5.74, 6) is 0.979. The van der Waals surface area contributed by atoms with E-state index in [1.54, 1.807) is 29.2 Å². The van der Waals surface area contributed by atoms with Crippen molar-refractivity contribution in [1.29, 1.82) is 0 Å². The van der Waals surface area contributed by atoms with E-state index in [2.05, 4.69) is 15.3 Å². The predicted molar refractivity (Wildman–Crippen MR) is 147 cm³/mol. The van der Waals surface area contributed by atoms with Crippen molar-refractivity contribution in [3.63, 3.8) is 0 Å². The second kappa shape index (κ2) is 12.3. The monoisotopic (exact) mass is 550 g/mol. The Morgan fingerprint density at radius 2 is 1.95 bits per heavy atom. The first-order chi connectivity index (χ1) is 19.0. The van der Waals surface area contributed by atoms with Gasteiger partial charge in [0.05, 0.1) is 22.0 Å². The van der Waals surface area contributed by atoms with E-state index in [0.29, 0.717) is 57.6 Å². The third kappa shape index (κ3) is 6.38. The fourth-order valence-electron chi connectivity index (χ4n) is 4.69. The molecule has 4 aromatic rings. The molecule has 202 valence electrons. The van der Waals surface area contributed by atoms with Crippen LogP contribution in [0.5, 0.6) is 11.5 Å². The number of rotatable bonds is 9. The van der Waals surface area contributed by atoms with Crippen LogP contribution in [-0.2, 0) is 11.4 Å². The summed E-state index contributed by atoms with van der Waals surface area (Å²) < 4.78 is 25.4. The van der Waals surface area contributed by atoms with Crippen molar-refractivity contribution in [3.05, 3.63) is 83.4 Å². The molecule has 2 heterocycles. The maximum absolute atomic E-state index is 13.4. The van der Waals surface area contributed by atoms with Crippen molar-refractivity contribution in [2.24, 2.45) is 0 Å². The summed E-state index contributed by atoms with van der Waals surface area (Å²) in [6.07, 6.45) is 4.19. The van der Waals surface area contributed by atoms with Gasteiger partial charge in [-0.3, -0.25) is 4.79 Å². The zero-order chi connectivity index (χ0) is 27.2. The van der Waals surface area contributed by atoms with Crippen LogP contribution in [0.25, 0.3) is 10.9 Å². The lowest BCUT2D eigenvalue weighted by atomic mass is 10.0. The third-order valence-electron chi connectivity index (χ3n) is 6.62. The van der Waals surface area contributed by atoms with E-state index in [-0.39, 0.29) is 24.4 Å². The number of carbonyl (C=O) groups is 1. The Morgan fingerprint density at radius 1 is 1.08 bits per heavy atom. The summed E-state index contributed by atoms with van der Waals surface area (Å²) in [7, 11) is 0. The Bertz CT molecular complexity index is 1470. The molecule has 1 amide bonds. The van der Waals surface area contributed by atoms with Crippen LogP contribution in [0.2, 0.25) is 5.02 Å². The lowest BCUT2D eigenvalue weighted by molar-refractivity contribution is -0.138. The van der Waals surface area contributed by atoms with Gasteiger partial charge in [0, 0.05) is 12.2 Å². The SMILES string of the molecule is O=C(CO)N1CCCC[C@@H]1COc1cccc2ncnc(Nc3ccc(OCc4cccc(F)c4)c(Cl)c3)c12. The van der Waals surface area contributed by atoms with Gasteiger partial charge < -0.3 is 24.8 Å². The molecule has 0 aliphatic carbocycles. The highest BCUT2D eigenvalue weighted by molar-refractivity contribution is 6.32. The largest absolute Gasteiger partial charge is 0.491 e. The number of nitrogens with one attached hydrogen (secondary N) is 1. The number of nitrogens with zero attached hydrogens (tertiary/aromatic N) is 3. The van der Waals surface area contributed by atoms with Crippen LogP contribution in [0, 0.1) is 5.82 Å². The van der Waals surface area contributed by atoms with Gasteiger partial charge in [-0.25, -0.2) is 14.4 Å². The average Bonchev–Trinajstić information content (AvgIpc) is 2.95. The topological polar surface area (TPSA) is 96.8 Å². The number of benzene rings is 3. The Labute approximate surface area is 230 Å². The van der Waals surface area contributed by atoms with Crippen molar-refractivity contribution in [3.8, 4) is 11.5 Å². The fraction of sp³-hybridized carbons (Fsp3) is 0.276. The third-order valence-corrected chi connectivity index (χ3v) is 6.91. The number of hydrogen-bond acceptors (Lipinski definition) is 7. The highest BCUT2D eigenvalue weighted by Gasteiger charge is 2.27. The highest BCUT2D eigenvalue weighted by atomic mass is 35.5. The van der Waals surface area contributed by atoms with Crippen molar-refractivity contribution < 1.29 is 23.8 Å². The Morgan fingerprint density at radius 3 is 2.77 bits per heavy atom. The van der Waals surface area contributed by atoms with Gasteiger partial charge in [-0.15, -0.1) is 0 Å². The standard InChI is InChI=1S/C29H28ClFN4O4/c30-23-14-21(10-11-25(23)38-16-19-5-3-6-20(31)13-19)34-29-28-24(32-18-33-29)8-4-9-26(28)39-17-22-7-1-2-12-35(22)27(37)15-36/h3-6,8-11,13-14,18,22,36H,1-2,7,12,15-17H2,(H,32,33,34)/t22-/m1/s1. The van der Waals surface area contributed by atoms with E-state index in [1.165, 1.54) is 18.5 Å². The molecule has 5 rings (SSSR count). The van der Waals surface area contributed by atoms with Gasteiger partial charge in [0.2, 0.25) is 5.91 Å². The molecule has 1 atom stereocenters. The molecular weight excluding hydrogens is 523 g/mol. The molecule has 1 aliphatic rings. The molecule has 0 spiro atoms. The van der Waals surface area contributed by atoms with Crippen LogP contribution in [0.4, 0.5) is 15.9 Å². The number of piperidine rings is 1. The quantitative estimate of drug-likeness (QED) is 0.284. The van der Waals surface area contributed by atoms with E-state index < -0.39 is 6.61 Å². The maximum atomic E-state index is 13.4. The predicted octanol–water partition coefficient (Wildman–Crippen LogP) is 5.50. The smallest absolute Gasteiger partial charge is 0.248 e. The summed E-state index contributed by atoms with van der Waals surface area (Å²) in [6, 6.07) is 16.9. The number of amides is 1. The number of aliphatic hydroxyl groups is 1. The van der Waals surface area contributed by atoms with Crippen LogP contribution in [0.3, 0.4) is 0 Å². The number of hydrogen-bond donors (Lipinski definition) is 2. The van der Waals surface area contributed by atoms with E-state index in [1.807, 2.05) is 24.3 Å². The van der Waals surface area contributed by atoms with Crippen LogP contribution in [-0.4, -0.2) is 51.7 Å². The molecule has 1 aliphatic heterocycles. The van der Waals surface area contributed by atoms with E-state index in [9.17, 15) is 14.3 Å². The summed E-state index contributed by atoms with van der Waals surface area (Å²) in [5, 5.41) is 13.7. The number of carbonyl (C=O) groups excluding carboxylic acids is 1. The number of likely N-dealkylation sites (tertiary alicyclic amines) is 1. The van der Waals surface area contributed by atoms with Crippen molar-refractivity contribution in [2.45, 2.75) is 31.9 Å². The second-order valence-electron chi connectivity index (χ2n) is 9.27. The van der Waals surface area contributed by atoms with E-state index >= 15 is 0 Å². The van der Waals surface area contributed by atoms with Gasteiger partial charge >= 0.3 is 0 Å². The lowest BCUT2D eigenvalue weighted by Crippen LogP contribution is -2.47. The van der Waals surface area contributed by atoms with Gasteiger partial charge in [0.25, 0.3) is 0 Å². The molecule has 0 unspecified atom stereocenters. The van der Waals surface area contributed by atoms with E-state index in [0.717, 1.165) is 19.3 Å². The number of anilines is 2. The highest BCUT2D eigenvalue weighted by Crippen LogP contribution is 2.34. The van der Waals surface area contributed by atoms with Crippen molar-refractivity contribution in [1.82, 2.24) is 14.9 Å². The zero-order valence-electron chi connectivity index (χ0n) is 21.1. The Kier molecular flexibility index (Phi) is 8.39. The second-order valence-corrected chi connectivity index (χ2v) is 9.67. The number of halogens is 2. The first kappa shape index (κ1) is 26.6. The van der Waals surface area contributed by atoms with Crippen LogP contribution >= 0.6 is 11.6 Å². The van der Waals surface area contributed by atoms with Gasteiger partial charge in [0.1, 0.15) is 49.3 Å². The average molecular weight is 551 g/mol. The molecule has 0 bridgehead atoms. The molecule has 2 N–H and O–H groups in total. The van der Waals surface area contributed by atoms with Gasteiger partial charge in [0.15, 0.2) is 0 Å². The van der Waals surface area contributed by atoms with Crippen LogP contribution in [0.15, 0.2) is 67.0 Å². The fourth-order valence-corrected chi connectivity index (χ4v) is 4.93. The molecule has 3 aromatic carbocycles. The first-order valence-electron chi connectivity index (χ1n) is 12.7. The molecular formula is C29H28ClFN4O4. The lowest BCUT2D eigenvalue weighted by Gasteiger charge is -2.35.